The van der Waals surface area contributed by atoms with Crippen LogP contribution in [-0.4, -0.2) is 30.8 Å². The van der Waals surface area contributed by atoms with Crippen molar-refractivity contribution in [2.45, 2.75) is 24.8 Å². The van der Waals surface area contributed by atoms with Crippen molar-refractivity contribution in [3.63, 3.8) is 0 Å². The van der Waals surface area contributed by atoms with Gasteiger partial charge in [0, 0.05) is 17.3 Å². The SMILES string of the molecule is C=C/C(=C\N=C(C)N)c1nnc(SCc2nnc(-c3ccc(C)cc3)o2)n1-c1ccccc1Cl. The number of amidine groups is 1. The van der Waals surface area contributed by atoms with Gasteiger partial charge in [0.05, 0.1) is 22.3 Å². The summed E-state index contributed by atoms with van der Waals surface area (Å²) < 4.78 is 7.70. The number of thioether (sulfide) groups is 1. The van der Waals surface area contributed by atoms with Crippen LogP contribution in [0.25, 0.3) is 22.7 Å². The fraction of sp³-hybridized carbons (Fsp3) is 0.125. The van der Waals surface area contributed by atoms with Crippen LogP contribution in [0.5, 0.6) is 0 Å². The van der Waals surface area contributed by atoms with Gasteiger partial charge >= 0.3 is 0 Å². The number of allylic oxidation sites excluding steroid dienone is 2. The smallest absolute Gasteiger partial charge is 0.247 e. The van der Waals surface area contributed by atoms with Crippen LogP contribution in [0.4, 0.5) is 0 Å². The summed E-state index contributed by atoms with van der Waals surface area (Å²) in [7, 11) is 0. The minimum atomic E-state index is 0.397. The van der Waals surface area contributed by atoms with Crippen molar-refractivity contribution in [2.24, 2.45) is 10.7 Å². The minimum Gasteiger partial charge on any atom is -0.420 e. The van der Waals surface area contributed by atoms with E-state index in [2.05, 4.69) is 32.0 Å². The first kappa shape index (κ1) is 23.5. The molecule has 2 N–H and O–H groups in total. The molecule has 2 heterocycles. The summed E-state index contributed by atoms with van der Waals surface area (Å²) in [6, 6.07) is 15.4. The summed E-state index contributed by atoms with van der Waals surface area (Å²) >= 11 is 7.92. The van der Waals surface area contributed by atoms with Gasteiger partial charge in [-0.3, -0.25) is 4.57 Å². The van der Waals surface area contributed by atoms with Gasteiger partial charge in [0.2, 0.25) is 11.8 Å². The molecule has 0 fully saturated rings. The lowest BCUT2D eigenvalue weighted by Gasteiger charge is -2.11. The Hall–Kier alpha value is -3.69. The van der Waals surface area contributed by atoms with E-state index < -0.39 is 0 Å². The molecule has 2 aromatic heterocycles. The van der Waals surface area contributed by atoms with E-state index in [1.807, 2.05) is 54.0 Å². The molecular formula is C24H22ClN7OS. The maximum atomic E-state index is 6.52. The van der Waals surface area contributed by atoms with E-state index in [0.717, 1.165) is 16.8 Å². The molecule has 0 aliphatic heterocycles. The lowest BCUT2D eigenvalue weighted by Crippen LogP contribution is -2.05. The third-order valence-electron chi connectivity index (χ3n) is 4.70. The van der Waals surface area contributed by atoms with Crippen LogP contribution in [0.1, 0.15) is 24.2 Å². The van der Waals surface area contributed by atoms with Crippen LogP contribution >= 0.6 is 23.4 Å². The lowest BCUT2D eigenvalue weighted by molar-refractivity contribution is 0.528. The predicted octanol–water partition coefficient (Wildman–Crippen LogP) is 5.48. The molecule has 0 aliphatic carbocycles. The van der Waals surface area contributed by atoms with Crippen LogP contribution in [0, 0.1) is 6.92 Å². The average Bonchev–Trinajstić information content (AvgIpc) is 3.46. The summed E-state index contributed by atoms with van der Waals surface area (Å²) in [4.78, 5) is 4.18. The van der Waals surface area contributed by atoms with Crippen LogP contribution in [-0.2, 0) is 5.75 Å². The number of nitrogens with zero attached hydrogens (tertiary/aromatic N) is 6. The Morgan fingerprint density at radius 1 is 1.15 bits per heavy atom. The van der Waals surface area contributed by atoms with Crippen LogP contribution in [0.15, 0.2) is 82.0 Å². The third-order valence-corrected chi connectivity index (χ3v) is 5.94. The largest absolute Gasteiger partial charge is 0.420 e. The van der Waals surface area contributed by atoms with Gasteiger partial charge in [-0.05, 0) is 38.1 Å². The molecule has 10 heteroatoms. The second kappa shape index (κ2) is 10.5. The van der Waals surface area contributed by atoms with E-state index in [-0.39, 0.29) is 0 Å². The molecule has 0 aliphatic rings. The number of hydrogen-bond acceptors (Lipinski definition) is 7. The molecule has 4 aromatic rings. The summed E-state index contributed by atoms with van der Waals surface area (Å²) in [5, 5.41) is 18.2. The van der Waals surface area contributed by atoms with E-state index in [1.165, 1.54) is 11.8 Å². The zero-order chi connectivity index (χ0) is 24.1. The second-order valence-electron chi connectivity index (χ2n) is 7.31. The van der Waals surface area contributed by atoms with Crippen LogP contribution < -0.4 is 5.73 Å². The minimum absolute atomic E-state index is 0.397. The Morgan fingerprint density at radius 2 is 1.91 bits per heavy atom. The first-order valence-electron chi connectivity index (χ1n) is 10.3. The molecule has 0 saturated heterocycles. The van der Waals surface area contributed by atoms with Crippen molar-refractivity contribution in [1.82, 2.24) is 25.0 Å². The van der Waals surface area contributed by atoms with E-state index in [9.17, 15) is 0 Å². The molecule has 172 valence electrons. The Kier molecular flexibility index (Phi) is 7.24. The number of para-hydroxylation sites is 1. The Balaban J connectivity index is 1.66. The lowest BCUT2D eigenvalue weighted by atomic mass is 10.1. The number of aromatic nitrogens is 5. The first-order valence-corrected chi connectivity index (χ1v) is 11.7. The molecule has 2 aromatic carbocycles. The monoisotopic (exact) mass is 491 g/mol. The van der Waals surface area contributed by atoms with Crippen molar-refractivity contribution < 1.29 is 4.42 Å². The predicted molar refractivity (Wildman–Crippen MR) is 136 cm³/mol. The zero-order valence-electron chi connectivity index (χ0n) is 18.6. The van der Waals surface area contributed by atoms with E-state index >= 15 is 0 Å². The molecule has 0 spiro atoms. The highest BCUT2D eigenvalue weighted by molar-refractivity contribution is 7.98. The second-order valence-corrected chi connectivity index (χ2v) is 8.66. The number of halogens is 1. The molecule has 8 nitrogen and oxygen atoms in total. The number of rotatable bonds is 8. The van der Waals surface area contributed by atoms with Crippen molar-refractivity contribution in [1.29, 1.82) is 0 Å². The molecule has 0 amide bonds. The molecule has 0 radical (unpaired) electrons. The molecule has 0 bridgehead atoms. The molecule has 0 saturated carbocycles. The summed E-state index contributed by atoms with van der Waals surface area (Å²) in [6.45, 7) is 7.61. The topological polar surface area (TPSA) is 108 Å². The van der Waals surface area contributed by atoms with Gasteiger partial charge in [-0.1, -0.05) is 65.8 Å². The van der Waals surface area contributed by atoms with Crippen molar-refractivity contribution in [3.8, 4) is 17.1 Å². The Bertz CT molecular complexity index is 1370. The van der Waals surface area contributed by atoms with E-state index in [4.69, 9.17) is 21.8 Å². The highest BCUT2D eigenvalue weighted by Gasteiger charge is 2.19. The quantitative estimate of drug-likeness (QED) is 0.150. The van der Waals surface area contributed by atoms with E-state index in [1.54, 1.807) is 25.3 Å². The number of aliphatic imine (C=N–C) groups is 1. The average molecular weight is 492 g/mol. The Morgan fingerprint density at radius 3 is 2.62 bits per heavy atom. The highest BCUT2D eigenvalue weighted by Crippen LogP contribution is 2.31. The zero-order valence-corrected chi connectivity index (χ0v) is 20.2. The Labute approximate surface area is 206 Å². The highest BCUT2D eigenvalue weighted by atomic mass is 35.5. The van der Waals surface area contributed by atoms with Gasteiger partial charge in [-0.15, -0.1) is 20.4 Å². The van der Waals surface area contributed by atoms with Crippen molar-refractivity contribution in [3.05, 3.63) is 89.7 Å². The number of nitrogens with two attached hydrogens (primary N) is 1. The summed E-state index contributed by atoms with van der Waals surface area (Å²) in [5.74, 6) is 2.28. The maximum absolute atomic E-state index is 6.52. The molecular weight excluding hydrogens is 470 g/mol. The molecule has 4 rings (SSSR count). The van der Waals surface area contributed by atoms with Crippen molar-refractivity contribution in [2.75, 3.05) is 0 Å². The summed E-state index contributed by atoms with van der Waals surface area (Å²) in [5.41, 5.74) is 9.09. The van der Waals surface area contributed by atoms with Gasteiger partial charge in [0.1, 0.15) is 0 Å². The normalized spacial score (nSPS) is 12.2. The standard InChI is InChI=1S/C24H22ClN7OS/c1-4-17(13-27-16(3)26)22-29-31-24(32(22)20-8-6-5-7-19(20)25)34-14-21-28-30-23(33-21)18-11-9-15(2)10-12-18/h4-13H,1,14H2,2-3H3,(H2,26,27)/b17-13+. The van der Waals surface area contributed by atoms with Gasteiger partial charge in [0.15, 0.2) is 11.0 Å². The van der Waals surface area contributed by atoms with Crippen LogP contribution in [0.3, 0.4) is 0 Å². The fourth-order valence-corrected chi connectivity index (χ4v) is 4.03. The van der Waals surface area contributed by atoms with Gasteiger partial charge in [-0.25, -0.2) is 4.99 Å². The molecule has 0 unspecified atom stereocenters. The number of hydrogen-bond donors (Lipinski definition) is 1. The third kappa shape index (κ3) is 5.27. The van der Waals surface area contributed by atoms with Gasteiger partial charge < -0.3 is 10.2 Å². The number of aryl methyl sites for hydroxylation is 1. The number of benzene rings is 2. The molecule has 34 heavy (non-hydrogen) atoms. The fourth-order valence-electron chi connectivity index (χ4n) is 3.02. The molecule has 0 atom stereocenters. The van der Waals surface area contributed by atoms with Crippen LogP contribution in [0.2, 0.25) is 5.02 Å². The van der Waals surface area contributed by atoms with Gasteiger partial charge in [-0.2, -0.15) is 0 Å². The van der Waals surface area contributed by atoms with Crippen molar-refractivity contribution >= 4 is 34.8 Å². The summed E-state index contributed by atoms with van der Waals surface area (Å²) in [6.07, 6.45) is 3.24. The maximum Gasteiger partial charge on any atom is 0.247 e. The first-order chi connectivity index (χ1) is 16.5. The van der Waals surface area contributed by atoms with Gasteiger partial charge in [0.25, 0.3) is 0 Å². The van der Waals surface area contributed by atoms with E-state index in [0.29, 0.717) is 44.9 Å².